The quantitative estimate of drug-likeness (QED) is 0.777. The molecule has 0 aromatic heterocycles. The van der Waals surface area contributed by atoms with Crippen molar-refractivity contribution < 1.29 is 4.79 Å². The van der Waals surface area contributed by atoms with Crippen molar-refractivity contribution in [3.05, 3.63) is 29.3 Å². The van der Waals surface area contributed by atoms with Gasteiger partial charge in [-0.1, -0.05) is 0 Å². The molecule has 3 N–H and O–H groups in total. The number of rotatable bonds is 2. The SMILES string of the molecule is Cc1cc(N)ccc1C(=O)NC1CCN(C)CC1. The highest BCUT2D eigenvalue weighted by Crippen LogP contribution is 2.14. The molecule has 0 spiro atoms. The summed E-state index contributed by atoms with van der Waals surface area (Å²) in [6.45, 7) is 4.01. The molecule has 1 fully saturated rings. The molecule has 0 atom stereocenters. The average Bonchev–Trinajstić information content (AvgIpc) is 2.32. The van der Waals surface area contributed by atoms with E-state index in [0.717, 1.165) is 37.1 Å². The molecular weight excluding hydrogens is 226 g/mol. The van der Waals surface area contributed by atoms with Gasteiger partial charge in [0.2, 0.25) is 0 Å². The third kappa shape index (κ3) is 3.01. The van der Waals surface area contributed by atoms with Gasteiger partial charge in [0.15, 0.2) is 0 Å². The Kier molecular flexibility index (Phi) is 3.87. The maximum absolute atomic E-state index is 12.2. The predicted octanol–water partition coefficient (Wildman–Crippen LogP) is 1.40. The van der Waals surface area contributed by atoms with Crippen molar-refractivity contribution in [1.82, 2.24) is 10.2 Å². The first-order chi connectivity index (χ1) is 8.56. The molecule has 0 saturated carbocycles. The number of nitrogens with two attached hydrogens (primary N) is 1. The minimum atomic E-state index is 0.0158. The van der Waals surface area contributed by atoms with Crippen LogP contribution < -0.4 is 11.1 Å². The Morgan fingerprint density at radius 1 is 1.39 bits per heavy atom. The number of anilines is 1. The lowest BCUT2D eigenvalue weighted by molar-refractivity contribution is 0.0916. The molecule has 1 saturated heterocycles. The Morgan fingerprint density at radius 2 is 2.06 bits per heavy atom. The van der Waals surface area contributed by atoms with Gasteiger partial charge in [-0.3, -0.25) is 4.79 Å². The van der Waals surface area contributed by atoms with Gasteiger partial charge in [-0.2, -0.15) is 0 Å². The van der Waals surface area contributed by atoms with Crippen LogP contribution in [0.1, 0.15) is 28.8 Å². The maximum Gasteiger partial charge on any atom is 0.251 e. The van der Waals surface area contributed by atoms with E-state index in [4.69, 9.17) is 5.73 Å². The van der Waals surface area contributed by atoms with Gasteiger partial charge < -0.3 is 16.0 Å². The van der Waals surface area contributed by atoms with Gasteiger partial charge in [0.05, 0.1) is 0 Å². The lowest BCUT2D eigenvalue weighted by Crippen LogP contribution is -2.43. The normalized spacial score (nSPS) is 17.7. The van der Waals surface area contributed by atoms with E-state index in [1.807, 2.05) is 13.0 Å². The highest BCUT2D eigenvalue weighted by Gasteiger charge is 2.19. The first-order valence-corrected chi connectivity index (χ1v) is 6.42. The minimum absolute atomic E-state index is 0.0158. The first-order valence-electron chi connectivity index (χ1n) is 6.42. The zero-order chi connectivity index (χ0) is 13.1. The molecule has 1 aliphatic rings. The topological polar surface area (TPSA) is 58.4 Å². The average molecular weight is 247 g/mol. The van der Waals surface area contributed by atoms with Gasteiger partial charge in [0.25, 0.3) is 5.91 Å². The van der Waals surface area contributed by atoms with Crippen molar-refractivity contribution >= 4 is 11.6 Å². The standard InChI is InChI=1S/C14H21N3O/c1-10-9-11(15)3-4-13(10)14(18)16-12-5-7-17(2)8-6-12/h3-4,9,12H,5-8,15H2,1-2H3,(H,16,18). The lowest BCUT2D eigenvalue weighted by atomic mass is 10.0. The summed E-state index contributed by atoms with van der Waals surface area (Å²) in [7, 11) is 2.11. The highest BCUT2D eigenvalue weighted by molar-refractivity contribution is 5.96. The molecule has 0 unspecified atom stereocenters. The highest BCUT2D eigenvalue weighted by atomic mass is 16.1. The van der Waals surface area contributed by atoms with Gasteiger partial charge >= 0.3 is 0 Å². The van der Waals surface area contributed by atoms with Crippen molar-refractivity contribution in [2.45, 2.75) is 25.8 Å². The molecule has 0 bridgehead atoms. The van der Waals surface area contributed by atoms with Crippen LogP contribution in [-0.4, -0.2) is 37.0 Å². The molecule has 4 heteroatoms. The fourth-order valence-electron chi connectivity index (χ4n) is 2.36. The van der Waals surface area contributed by atoms with E-state index in [1.165, 1.54) is 0 Å². The van der Waals surface area contributed by atoms with Crippen LogP contribution in [0.3, 0.4) is 0 Å². The molecule has 4 nitrogen and oxygen atoms in total. The van der Waals surface area contributed by atoms with Crippen LogP contribution in [0.25, 0.3) is 0 Å². The maximum atomic E-state index is 12.2. The van der Waals surface area contributed by atoms with Gasteiger partial charge in [0, 0.05) is 17.3 Å². The van der Waals surface area contributed by atoms with E-state index in [0.29, 0.717) is 11.7 Å². The van der Waals surface area contributed by atoms with E-state index in [-0.39, 0.29) is 5.91 Å². The van der Waals surface area contributed by atoms with E-state index < -0.39 is 0 Å². The summed E-state index contributed by atoms with van der Waals surface area (Å²) in [5.74, 6) is 0.0158. The zero-order valence-electron chi connectivity index (χ0n) is 11.1. The van der Waals surface area contributed by atoms with Crippen LogP contribution in [0.2, 0.25) is 0 Å². The van der Waals surface area contributed by atoms with E-state index in [1.54, 1.807) is 12.1 Å². The largest absolute Gasteiger partial charge is 0.399 e. The van der Waals surface area contributed by atoms with Crippen LogP contribution in [0, 0.1) is 6.92 Å². The third-order valence-electron chi connectivity index (χ3n) is 3.55. The Bertz CT molecular complexity index is 437. The number of carbonyl (C=O) groups is 1. The van der Waals surface area contributed by atoms with Crippen molar-refractivity contribution in [3.63, 3.8) is 0 Å². The molecule has 1 aliphatic heterocycles. The predicted molar refractivity (Wildman–Crippen MR) is 73.6 cm³/mol. The Labute approximate surface area is 108 Å². The van der Waals surface area contributed by atoms with E-state index in [2.05, 4.69) is 17.3 Å². The summed E-state index contributed by atoms with van der Waals surface area (Å²) >= 11 is 0. The number of piperidine rings is 1. The number of amides is 1. The molecule has 1 aromatic rings. The molecule has 0 radical (unpaired) electrons. The van der Waals surface area contributed by atoms with E-state index >= 15 is 0 Å². The number of carbonyl (C=O) groups excluding carboxylic acids is 1. The molecule has 0 aliphatic carbocycles. The molecule has 1 heterocycles. The van der Waals surface area contributed by atoms with Gasteiger partial charge in [0.1, 0.15) is 0 Å². The Hall–Kier alpha value is -1.55. The number of aryl methyl sites for hydroxylation is 1. The van der Waals surface area contributed by atoms with Gasteiger partial charge in [-0.05, 0) is 63.7 Å². The number of nitrogens with one attached hydrogen (secondary N) is 1. The first kappa shape index (κ1) is 12.9. The number of benzene rings is 1. The summed E-state index contributed by atoms with van der Waals surface area (Å²) in [6.07, 6.45) is 2.05. The number of likely N-dealkylation sites (tertiary alicyclic amines) is 1. The monoisotopic (exact) mass is 247 g/mol. The van der Waals surface area contributed by atoms with Crippen molar-refractivity contribution in [2.75, 3.05) is 25.9 Å². The molecule has 2 rings (SSSR count). The van der Waals surface area contributed by atoms with Crippen LogP contribution in [0.5, 0.6) is 0 Å². The second kappa shape index (κ2) is 5.40. The second-order valence-electron chi connectivity index (χ2n) is 5.13. The van der Waals surface area contributed by atoms with Crippen molar-refractivity contribution in [1.29, 1.82) is 0 Å². The second-order valence-corrected chi connectivity index (χ2v) is 5.13. The summed E-state index contributed by atoms with van der Waals surface area (Å²) in [4.78, 5) is 14.4. The van der Waals surface area contributed by atoms with Gasteiger partial charge in [-0.15, -0.1) is 0 Å². The molecule has 18 heavy (non-hydrogen) atoms. The number of nitrogens with zero attached hydrogens (tertiary/aromatic N) is 1. The summed E-state index contributed by atoms with van der Waals surface area (Å²) in [6, 6.07) is 5.71. The zero-order valence-corrected chi connectivity index (χ0v) is 11.1. The number of nitrogen functional groups attached to an aromatic ring is 1. The number of hydrogen-bond acceptors (Lipinski definition) is 3. The third-order valence-corrected chi connectivity index (χ3v) is 3.55. The molecule has 1 aromatic carbocycles. The smallest absolute Gasteiger partial charge is 0.251 e. The minimum Gasteiger partial charge on any atom is -0.399 e. The van der Waals surface area contributed by atoms with Crippen molar-refractivity contribution in [3.8, 4) is 0 Å². The Morgan fingerprint density at radius 3 is 2.67 bits per heavy atom. The summed E-state index contributed by atoms with van der Waals surface area (Å²) < 4.78 is 0. The molecule has 1 amide bonds. The van der Waals surface area contributed by atoms with Crippen LogP contribution >= 0.6 is 0 Å². The fraction of sp³-hybridized carbons (Fsp3) is 0.500. The molecule has 98 valence electrons. The van der Waals surface area contributed by atoms with Crippen LogP contribution in [0.4, 0.5) is 5.69 Å². The number of hydrogen-bond donors (Lipinski definition) is 2. The molecular formula is C14H21N3O. The Balaban J connectivity index is 1.99. The van der Waals surface area contributed by atoms with Gasteiger partial charge in [-0.25, -0.2) is 0 Å². The lowest BCUT2D eigenvalue weighted by Gasteiger charge is -2.29. The summed E-state index contributed by atoms with van der Waals surface area (Å²) in [5, 5.41) is 3.11. The van der Waals surface area contributed by atoms with Crippen LogP contribution in [-0.2, 0) is 0 Å². The fourth-order valence-corrected chi connectivity index (χ4v) is 2.36. The van der Waals surface area contributed by atoms with E-state index in [9.17, 15) is 4.79 Å². The van der Waals surface area contributed by atoms with Crippen LogP contribution in [0.15, 0.2) is 18.2 Å². The van der Waals surface area contributed by atoms with Crippen molar-refractivity contribution in [2.24, 2.45) is 0 Å². The summed E-state index contributed by atoms with van der Waals surface area (Å²) in [5.41, 5.74) is 8.04.